The molecular formula is C11H20N2O2S2. The highest BCUT2D eigenvalue weighted by Crippen LogP contribution is 2.21. The van der Waals surface area contributed by atoms with E-state index in [2.05, 4.69) is 18.6 Å². The fraction of sp³-hybridized carbons (Fsp3) is 0.636. The van der Waals surface area contributed by atoms with Crippen LogP contribution in [0.2, 0.25) is 0 Å². The van der Waals surface area contributed by atoms with E-state index in [-0.39, 0.29) is 0 Å². The van der Waals surface area contributed by atoms with Crippen LogP contribution in [0.25, 0.3) is 0 Å². The van der Waals surface area contributed by atoms with Crippen LogP contribution in [0.1, 0.15) is 25.6 Å². The minimum absolute atomic E-state index is 0.318. The topological polar surface area (TPSA) is 72.2 Å². The number of rotatable bonds is 6. The fourth-order valence-corrected chi connectivity index (χ4v) is 3.58. The molecule has 0 aliphatic carbocycles. The third kappa shape index (κ3) is 4.06. The van der Waals surface area contributed by atoms with E-state index < -0.39 is 10.0 Å². The van der Waals surface area contributed by atoms with E-state index in [0.29, 0.717) is 29.1 Å². The quantitative estimate of drug-likeness (QED) is 0.832. The Bertz CT molecular complexity index is 452. The molecule has 1 rings (SSSR count). The first kappa shape index (κ1) is 14.6. The van der Waals surface area contributed by atoms with E-state index in [1.165, 1.54) is 11.3 Å². The van der Waals surface area contributed by atoms with Gasteiger partial charge in [-0.05, 0) is 24.0 Å². The summed E-state index contributed by atoms with van der Waals surface area (Å²) in [4.78, 5) is 0.877. The molecular weight excluding hydrogens is 256 g/mol. The number of nitrogens with two attached hydrogens (primary N) is 1. The van der Waals surface area contributed by atoms with Crippen LogP contribution in [-0.2, 0) is 16.6 Å². The van der Waals surface area contributed by atoms with Crippen LogP contribution in [0.5, 0.6) is 0 Å². The van der Waals surface area contributed by atoms with Gasteiger partial charge in [0.1, 0.15) is 4.21 Å². The van der Waals surface area contributed by atoms with Crippen molar-refractivity contribution in [3.05, 3.63) is 17.0 Å². The lowest BCUT2D eigenvalue weighted by molar-refractivity contribution is 0.415. The van der Waals surface area contributed by atoms with Crippen LogP contribution in [0.3, 0.4) is 0 Å². The molecule has 6 heteroatoms. The van der Waals surface area contributed by atoms with Gasteiger partial charge in [0.15, 0.2) is 0 Å². The van der Waals surface area contributed by atoms with E-state index in [1.54, 1.807) is 12.1 Å². The second-order valence-corrected chi connectivity index (χ2v) is 7.66. The SMILES string of the molecule is CC(C)C(C)CNS(=O)(=O)c1ccc(CN)s1. The van der Waals surface area contributed by atoms with Gasteiger partial charge in [0.2, 0.25) is 10.0 Å². The second-order valence-electron chi connectivity index (χ2n) is 4.50. The summed E-state index contributed by atoms with van der Waals surface area (Å²) in [6.07, 6.45) is 0. The lowest BCUT2D eigenvalue weighted by Gasteiger charge is -2.15. The molecule has 3 N–H and O–H groups in total. The van der Waals surface area contributed by atoms with E-state index >= 15 is 0 Å². The van der Waals surface area contributed by atoms with Gasteiger partial charge < -0.3 is 5.73 Å². The Hall–Kier alpha value is -0.430. The summed E-state index contributed by atoms with van der Waals surface area (Å²) in [5.74, 6) is 0.777. The zero-order valence-electron chi connectivity index (χ0n) is 10.4. The molecule has 0 bridgehead atoms. The Kier molecular flexibility index (Phi) is 5.12. The van der Waals surface area contributed by atoms with Crippen molar-refractivity contribution in [2.45, 2.75) is 31.5 Å². The first-order valence-corrected chi connectivity index (χ1v) is 7.95. The molecule has 0 radical (unpaired) electrons. The molecule has 1 atom stereocenters. The third-order valence-corrected chi connectivity index (χ3v) is 5.86. The van der Waals surface area contributed by atoms with E-state index in [1.807, 2.05) is 6.92 Å². The molecule has 0 amide bonds. The predicted octanol–water partition coefficient (Wildman–Crippen LogP) is 1.78. The number of nitrogens with one attached hydrogen (secondary N) is 1. The van der Waals surface area contributed by atoms with Gasteiger partial charge in [-0.25, -0.2) is 13.1 Å². The van der Waals surface area contributed by atoms with Gasteiger partial charge in [0, 0.05) is 18.0 Å². The summed E-state index contributed by atoms with van der Waals surface area (Å²) in [6, 6.07) is 3.36. The zero-order chi connectivity index (χ0) is 13.1. The molecule has 0 aliphatic heterocycles. The highest BCUT2D eigenvalue weighted by molar-refractivity contribution is 7.91. The van der Waals surface area contributed by atoms with E-state index in [4.69, 9.17) is 5.73 Å². The minimum atomic E-state index is -3.37. The Morgan fingerprint density at radius 3 is 2.47 bits per heavy atom. The highest BCUT2D eigenvalue weighted by atomic mass is 32.2. The largest absolute Gasteiger partial charge is 0.326 e. The number of sulfonamides is 1. The molecule has 0 spiro atoms. The van der Waals surface area contributed by atoms with Crippen LogP contribution in [0.4, 0.5) is 0 Å². The molecule has 0 saturated carbocycles. The molecule has 1 aromatic rings. The highest BCUT2D eigenvalue weighted by Gasteiger charge is 2.18. The molecule has 4 nitrogen and oxygen atoms in total. The molecule has 0 aliphatic rings. The summed E-state index contributed by atoms with van der Waals surface area (Å²) < 4.78 is 26.9. The van der Waals surface area contributed by atoms with Crippen LogP contribution in [0.15, 0.2) is 16.3 Å². The summed E-state index contributed by atoms with van der Waals surface area (Å²) in [5, 5.41) is 0. The maximum absolute atomic E-state index is 11.9. The lowest BCUT2D eigenvalue weighted by Crippen LogP contribution is -2.29. The third-order valence-electron chi connectivity index (χ3n) is 2.84. The van der Waals surface area contributed by atoms with Crippen molar-refractivity contribution in [3.63, 3.8) is 0 Å². The van der Waals surface area contributed by atoms with Gasteiger partial charge in [-0.2, -0.15) is 0 Å². The first-order chi connectivity index (χ1) is 7.86. The first-order valence-electron chi connectivity index (χ1n) is 5.65. The Balaban J connectivity index is 2.69. The maximum atomic E-state index is 11.9. The van der Waals surface area contributed by atoms with Crippen LogP contribution < -0.4 is 10.5 Å². The summed E-state index contributed by atoms with van der Waals surface area (Å²) in [7, 11) is -3.37. The van der Waals surface area contributed by atoms with E-state index in [9.17, 15) is 8.42 Å². The van der Waals surface area contributed by atoms with Crippen LogP contribution in [-0.4, -0.2) is 15.0 Å². The van der Waals surface area contributed by atoms with Crippen molar-refractivity contribution >= 4 is 21.4 Å². The average molecular weight is 276 g/mol. The summed E-state index contributed by atoms with van der Waals surface area (Å²) >= 11 is 1.22. The molecule has 0 saturated heterocycles. The van der Waals surface area contributed by atoms with Gasteiger partial charge in [-0.3, -0.25) is 0 Å². The number of thiophene rings is 1. The van der Waals surface area contributed by atoms with Crippen molar-refractivity contribution in [2.24, 2.45) is 17.6 Å². The predicted molar refractivity (Wildman–Crippen MR) is 71.4 cm³/mol. The van der Waals surface area contributed by atoms with Gasteiger partial charge in [-0.1, -0.05) is 20.8 Å². The fourth-order valence-electron chi connectivity index (χ4n) is 1.16. The number of hydrogen-bond donors (Lipinski definition) is 2. The summed E-state index contributed by atoms with van der Waals surface area (Å²) in [6.45, 7) is 7.04. The Morgan fingerprint density at radius 1 is 1.35 bits per heavy atom. The standard InChI is InChI=1S/C11H20N2O2S2/c1-8(2)9(3)7-13-17(14,15)11-5-4-10(6-12)16-11/h4-5,8-9,13H,6-7,12H2,1-3H3. The van der Waals surface area contributed by atoms with Crippen molar-refractivity contribution in [3.8, 4) is 0 Å². The average Bonchev–Trinajstić information content (AvgIpc) is 2.75. The van der Waals surface area contributed by atoms with Crippen LogP contribution in [0, 0.1) is 11.8 Å². The molecule has 17 heavy (non-hydrogen) atoms. The normalized spacial score (nSPS) is 14.2. The van der Waals surface area contributed by atoms with Gasteiger partial charge >= 0.3 is 0 Å². The Morgan fingerprint density at radius 2 is 2.00 bits per heavy atom. The van der Waals surface area contributed by atoms with Crippen molar-refractivity contribution in [1.29, 1.82) is 0 Å². The summed E-state index contributed by atoms with van der Waals surface area (Å²) in [5.41, 5.74) is 5.46. The molecule has 0 fully saturated rings. The minimum Gasteiger partial charge on any atom is -0.326 e. The second kappa shape index (κ2) is 5.95. The Labute approximate surface area is 107 Å². The van der Waals surface area contributed by atoms with Crippen molar-refractivity contribution in [1.82, 2.24) is 4.72 Å². The van der Waals surface area contributed by atoms with Crippen molar-refractivity contribution < 1.29 is 8.42 Å². The van der Waals surface area contributed by atoms with Gasteiger partial charge in [0.25, 0.3) is 0 Å². The molecule has 98 valence electrons. The molecule has 1 aromatic heterocycles. The monoisotopic (exact) mass is 276 g/mol. The van der Waals surface area contributed by atoms with Crippen LogP contribution >= 0.6 is 11.3 Å². The van der Waals surface area contributed by atoms with Gasteiger partial charge in [0.05, 0.1) is 0 Å². The lowest BCUT2D eigenvalue weighted by atomic mass is 9.99. The molecule has 1 unspecified atom stereocenters. The zero-order valence-corrected chi connectivity index (χ0v) is 12.1. The molecule has 1 heterocycles. The van der Waals surface area contributed by atoms with Crippen molar-refractivity contribution in [2.75, 3.05) is 6.54 Å². The molecule has 0 aromatic carbocycles. The van der Waals surface area contributed by atoms with E-state index in [0.717, 1.165) is 4.88 Å². The smallest absolute Gasteiger partial charge is 0.250 e. The maximum Gasteiger partial charge on any atom is 0.250 e. The van der Waals surface area contributed by atoms with Gasteiger partial charge in [-0.15, -0.1) is 11.3 Å². The number of hydrogen-bond acceptors (Lipinski definition) is 4.